The molecule has 4 aromatic rings. The van der Waals surface area contributed by atoms with Crippen molar-refractivity contribution in [3.05, 3.63) is 66.6 Å². The zero-order chi connectivity index (χ0) is 20.1. The molecule has 29 heavy (non-hydrogen) atoms. The van der Waals surface area contributed by atoms with Crippen LogP contribution >= 0.6 is 0 Å². The van der Waals surface area contributed by atoms with E-state index in [0.29, 0.717) is 42.8 Å². The van der Waals surface area contributed by atoms with E-state index >= 15 is 0 Å². The number of fused-ring (bicyclic) bond motifs is 1. The number of para-hydroxylation sites is 1. The van der Waals surface area contributed by atoms with E-state index in [1.54, 1.807) is 32.0 Å². The van der Waals surface area contributed by atoms with Crippen molar-refractivity contribution < 1.29 is 9.53 Å². The maximum atomic E-state index is 12.5. The molecule has 1 aromatic carbocycles. The SMILES string of the molecule is COCCn1cnnc1CCNC(=O)c1cnc2c(c1)ncn2-c1ccccc1. The van der Waals surface area contributed by atoms with Crippen molar-refractivity contribution in [1.82, 2.24) is 34.6 Å². The number of imidazole rings is 1. The van der Waals surface area contributed by atoms with Crippen LogP contribution in [0, 0.1) is 0 Å². The maximum absolute atomic E-state index is 12.5. The first-order valence-electron chi connectivity index (χ1n) is 9.28. The zero-order valence-electron chi connectivity index (χ0n) is 16.0. The summed E-state index contributed by atoms with van der Waals surface area (Å²) in [5, 5.41) is 10.9. The maximum Gasteiger partial charge on any atom is 0.252 e. The number of aromatic nitrogens is 6. The van der Waals surface area contributed by atoms with Gasteiger partial charge in [0.25, 0.3) is 5.91 Å². The quantitative estimate of drug-likeness (QED) is 0.490. The Hall–Kier alpha value is -3.59. The average molecular weight is 391 g/mol. The fourth-order valence-electron chi connectivity index (χ4n) is 3.04. The normalized spacial score (nSPS) is 11.1. The highest BCUT2D eigenvalue weighted by Gasteiger charge is 2.12. The first-order chi connectivity index (χ1) is 14.3. The lowest BCUT2D eigenvalue weighted by atomic mass is 10.2. The van der Waals surface area contributed by atoms with Crippen LogP contribution in [0.2, 0.25) is 0 Å². The van der Waals surface area contributed by atoms with E-state index < -0.39 is 0 Å². The second-order valence-corrected chi connectivity index (χ2v) is 6.46. The lowest BCUT2D eigenvalue weighted by molar-refractivity contribution is 0.0953. The summed E-state index contributed by atoms with van der Waals surface area (Å²) in [7, 11) is 1.65. The number of nitrogens with one attached hydrogen (secondary N) is 1. The first-order valence-corrected chi connectivity index (χ1v) is 9.28. The molecular weight excluding hydrogens is 370 g/mol. The predicted molar refractivity (Wildman–Crippen MR) is 107 cm³/mol. The Morgan fingerprint density at radius 3 is 2.86 bits per heavy atom. The van der Waals surface area contributed by atoms with Crippen molar-refractivity contribution in [2.24, 2.45) is 0 Å². The van der Waals surface area contributed by atoms with Crippen LogP contribution in [0.25, 0.3) is 16.9 Å². The van der Waals surface area contributed by atoms with Crippen LogP contribution in [0.4, 0.5) is 0 Å². The van der Waals surface area contributed by atoms with Gasteiger partial charge >= 0.3 is 0 Å². The molecule has 0 saturated carbocycles. The molecule has 0 radical (unpaired) electrons. The number of amides is 1. The topological polar surface area (TPSA) is 99.8 Å². The lowest BCUT2D eigenvalue weighted by Gasteiger charge is -2.07. The molecule has 0 aliphatic heterocycles. The summed E-state index contributed by atoms with van der Waals surface area (Å²) >= 11 is 0. The fraction of sp³-hybridized carbons (Fsp3) is 0.250. The Bertz CT molecular complexity index is 1100. The first kappa shape index (κ1) is 18.8. The van der Waals surface area contributed by atoms with Gasteiger partial charge in [-0.3, -0.25) is 9.36 Å². The molecule has 0 fully saturated rings. The largest absolute Gasteiger partial charge is 0.383 e. The molecule has 0 unspecified atom stereocenters. The van der Waals surface area contributed by atoms with Crippen LogP contribution in [0.5, 0.6) is 0 Å². The summed E-state index contributed by atoms with van der Waals surface area (Å²) in [6, 6.07) is 11.6. The molecule has 3 aromatic heterocycles. The summed E-state index contributed by atoms with van der Waals surface area (Å²) in [5.74, 6) is 0.606. The molecule has 1 N–H and O–H groups in total. The van der Waals surface area contributed by atoms with Crippen molar-refractivity contribution in [3.8, 4) is 5.69 Å². The van der Waals surface area contributed by atoms with Crippen molar-refractivity contribution >= 4 is 17.1 Å². The summed E-state index contributed by atoms with van der Waals surface area (Å²) in [6.07, 6.45) is 5.52. The Kier molecular flexibility index (Phi) is 5.57. The van der Waals surface area contributed by atoms with Gasteiger partial charge in [-0.05, 0) is 18.2 Å². The third-order valence-corrected chi connectivity index (χ3v) is 4.55. The molecule has 0 aliphatic rings. The Balaban J connectivity index is 1.41. The summed E-state index contributed by atoms with van der Waals surface area (Å²) in [4.78, 5) is 21.3. The number of hydrogen-bond donors (Lipinski definition) is 1. The van der Waals surface area contributed by atoms with E-state index in [1.807, 2.05) is 39.5 Å². The van der Waals surface area contributed by atoms with Gasteiger partial charge in [0.15, 0.2) is 5.65 Å². The minimum absolute atomic E-state index is 0.198. The summed E-state index contributed by atoms with van der Waals surface area (Å²) in [5.41, 5.74) is 2.81. The number of hydrogen-bond acceptors (Lipinski definition) is 6. The van der Waals surface area contributed by atoms with Gasteiger partial charge in [0.1, 0.15) is 24.0 Å². The zero-order valence-corrected chi connectivity index (χ0v) is 16.0. The Labute approximate surface area is 167 Å². The molecule has 0 aliphatic carbocycles. The van der Waals surface area contributed by atoms with Crippen LogP contribution in [-0.2, 0) is 17.7 Å². The van der Waals surface area contributed by atoms with Crippen LogP contribution in [0.15, 0.2) is 55.2 Å². The van der Waals surface area contributed by atoms with Gasteiger partial charge in [0.05, 0.1) is 12.2 Å². The molecule has 9 nitrogen and oxygen atoms in total. The second-order valence-electron chi connectivity index (χ2n) is 6.46. The number of carbonyl (C=O) groups is 1. The molecule has 1 amide bonds. The van der Waals surface area contributed by atoms with Crippen LogP contribution in [-0.4, -0.2) is 55.5 Å². The van der Waals surface area contributed by atoms with Gasteiger partial charge in [0.2, 0.25) is 0 Å². The van der Waals surface area contributed by atoms with Crippen LogP contribution in [0.3, 0.4) is 0 Å². The third kappa shape index (κ3) is 4.14. The number of methoxy groups -OCH3 is 1. The third-order valence-electron chi connectivity index (χ3n) is 4.55. The monoisotopic (exact) mass is 391 g/mol. The number of rotatable bonds is 8. The number of carbonyl (C=O) groups excluding carboxylic acids is 1. The molecule has 0 saturated heterocycles. The van der Waals surface area contributed by atoms with E-state index in [9.17, 15) is 4.79 Å². The highest BCUT2D eigenvalue weighted by Crippen LogP contribution is 2.17. The smallest absolute Gasteiger partial charge is 0.252 e. The van der Waals surface area contributed by atoms with Gasteiger partial charge in [-0.25, -0.2) is 9.97 Å². The van der Waals surface area contributed by atoms with E-state index in [-0.39, 0.29) is 5.91 Å². The van der Waals surface area contributed by atoms with Gasteiger partial charge in [-0.15, -0.1) is 10.2 Å². The van der Waals surface area contributed by atoms with Gasteiger partial charge in [-0.1, -0.05) is 18.2 Å². The minimum Gasteiger partial charge on any atom is -0.383 e. The van der Waals surface area contributed by atoms with E-state index in [1.165, 1.54) is 0 Å². The van der Waals surface area contributed by atoms with Gasteiger partial charge in [0, 0.05) is 38.5 Å². The summed E-state index contributed by atoms with van der Waals surface area (Å²) in [6.45, 7) is 1.71. The van der Waals surface area contributed by atoms with Crippen molar-refractivity contribution in [3.63, 3.8) is 0 Å². The van der Waals surface area contributed by atoms with Crippen LogP contribution < -0.4 is 5.32 Å². The molecule has 4 rings (SSSR count). The number of nitrogens with zero attached hydrogens (tertiary/aromatic N) is 6. The highest BCUT2D eigenvalue weighted by atomic mass is 16.5. The van der Waals surface area contributed by atoms with E-state index in [0.717, 1.165) is 11.5 Å². The molecule has 0 atom stereocenters. The Morgan fingerprint density at radius 1 is 1.17 bits per heavy atom. The van der Waals surface area contributed by atoms with Gasteiger partial charge in [-0.2, -0.15) is 0 Å². The van der Waals surface area contributed by atoms with Gasteiger partial charge < -0.3 is 14.6 Å². The fourth-order valence-corrected chi connectivity index (χ4v) is 3.04. The molecule has 148 valence electrons. The number of benzene rings is 1. The average Bonchev–Trinajstić information content (AvgIpc) is 3.39. The molecule has 3 heterocycles. The summed E-state index contributed by atoms with van der Waals surface area (Å²) < 4.78 is 8.88. The number of ether oxygens (including phenoxy) is 1. The molecular formula is C20H21N7O2. The number of pyridine rings is 1. The minimum atomic E-state index is -0.198. The second kappa shape index (κ2) is 8.61. The molecule has 9 heteroatoms. The predicted octanol–water partition coefficient (Wildman–Crippen LogP) is 1.63. The highest BCUT2D eigenvalue weighted by molar-refractivity contribution is 5.96. The molecule has 0 spiro atoms. The van der Waals surface area contributed by atoms with Crippen molar-refractivity contribution in [2.45, 2.75) is 13.0 Å². The standard InChI is InChI=1S/C20H21N7O2/c1-29-10-9-26-14-24-25-18(26)7-8-21-20(28)15-11-17-19(22-12-15)27(13-23-17)16-5-3-2-4-6-16/h2-6,11-14H,7-10H2,1H3,(H,21,28). The van der Waals surface area contributed by atoms with Crippen LogP contribution in [0.1, 0.15) is 16.2 Å². The van der Waals surface area contributed by atoms with E-state index in [2.05, 4.69) is 25.5 Å². The van der Waals surface area contributed by atoms with Crippen molar-refractivity contribution in [2.75, 3.05) is 20.3 Å². The van der Waals surface area contributed by atoms with E-state index in [4.69, 9.17) is 4.74 Å². The Morgan fingerprint density at radius 2 is 2.03 bits per heavy atom. The van der Waals surface area contributed by atoms with Crippen molar-refractivity contribution in [1.29, 1.82) is 0 Å². The molecule has 0 bridgehead atoms. The lowest BCUT2D eigenvalue weighted by Crippen LogP contribution is -2.26.